The molecular formula is C10H17N3O6. The second kappa shape index (κ2) is 6.88. The van der Waals surface area contributed by atoms with E-state index in [1.807, 2.05) is 0 Å². The first-order valence-electron chi connectivity index (χ1n) is 5.97. The summed E-state index contributed by atoms with van der Waals surface area (Å²) in [6.07, 6.45) is 0.476. The number of likely N-dealkylation sites (tertiary alicyclic amines) is 1. The number of carbonyl (C=O) groups excluding carboxylic acids is 1. The maximum atomic E-state index is 11.8. The zero-order chi connectivity index (χ0) is 14.4. The van der Waals surface area contributed by atoms with Gasteiger partial charge in [-0.3, -0.25) is 9.59 Å². The fraction of sp³-hybridized carbons (Fsp3) is 0.800. The Hall–Kier alpha value is -1.90. The second-order valence-corrected chi connectivity index (χ2v) is 4.39. The second-order valence-electron chi connectivity index (χ2n) is 4.39. The zero-order valence-corrected chi connectivity index (χ0v) is 10.4. The molecule has 0 bridgehead atoms. The lowest BCUT2D eigenvalue weighted by Crippen LogP contribution is -2.42. The molecule has 0 saturated carbocycles. The number of carboxylic acids is 1. The molecule has 1 saturated heterocycles. The highest BCUT2D eigenvalue weighted by molar-refractivity contribution is 5.78. The minimum atomic E-state index is -1.13. The highest BCUT2D eigenvalue weighted by atomic mass is 17.0. The topological polar surface area (TPSA) is 136 Å². The number of carboxylic acid groups (broad SMARTS) is 1. The summed E-state index contributed by atoms with van der Waals surface area (Å²) in [5, 5.41) is 17.9. The van der Waals surface area contributed by atoms with E-state index in [0.29, 0.717) is 25.9 Å². The molecule has 1 heterocycles. The number of hydrogen-bond acceptors (Lipinski definition) is 6. The van der Waals surface area contributed by atoms with Crippen molar-refractivity contribution in [2.45, 2.75) is 37.8 Å². The third-order valence-electron chi connectivity index (χ3n) is 3.02. The lowest BCUT2D eigenvalue weighted by atomic mass is 10.1. The Morgan fingerprint density at radius 1 is 1.47 bits per heavy atom. The van der Waals surface area contributed by atoms with E-state index in [2.05, 4.69) is 4.84 Å². The molecule has 1 aliphatic rings. The predicted octanol–water partition coefficient (Wildman–Crippen LogP) is -0.622. The molecule has 1 rings (SSSR count). The number of nitrogens with two attached hydrogens (primary N) is 1. The molecule has 1 aliphatic heterocycles. The first-order valence-corrected chi connectivity index (χ1v) is 5.97. The first-order chi connectivity index (χ1) is 8.90. The molecule has 19 heavy (non-hydrogen) atoms. The monoisotopic (exact) mass is 275 g/mol. The van der Waals surface area contributed by atoms with E-state index in [0.717, 1.165) is 0 Å². The number of rotatable bonds is 6. The van der Waals surface area contributed by atoms with Gasteiger partial charge in [-0.25, -0.2) is 0 Å². The molecule has 3 N–H and O–H groups in total. The molecule has 1 fully saturated rings. The van der Waals surface area contributed by atoms with E-state index >= 15 is 0 Å². The lowest BCUT2D eigenvalue weighted by Gasteiger charge is -2.30. The van der Waals surface area contributed by atoms with Crippen molar-refractivity contribution in [3.63, 3.8) is 0 Å². The molecule has 1 unspecified atom stereocenters. The van der Waals surface area contributed by atoms with Crippen LogP contribution in [0.5, 0.6) is 0 Å². The van der Waals surface area contributed by atoms with Crippen LogP contribution in [0, 0.1) is 10.1 Å². The van der Waals surface area contributed by atoms with Gasteiger partial charge in [0.05, 0.1) is 0 Å². The smallest absolute Gasteiger partial charge is 0.320 e. The van der Waals surface area contributed by atoms with Crippen LogP contribution in [0.2, 0.25) is 0 Å². The molecule has 1 atom stereocenters. The van der Waals surface area contributed by atoms with Gasteiger partial charge in [0.25, 0.3) is 5.09 Å². The van der Waals surface area contributed by atoms with Gasteiger partial charge in [-0.15, -0.1) is 10.1 Å². The molecule has 0 aliphatic carbocycles. The van der Waals surface area contributed by atoms with Gasteiger partial charge in [-0.2, -0.15) is 0 Å². The van der Waals surface area contributed by atoms with Gasteiger partial charge in [0.15, 0.2) is 0 Å². The average Bonchev–Trinajstić information content (AvgIpc) is 2.35. The molecule has 108 valence electrons. The van der Waals surface area contributed by atoms with Gasteiger partial charge in [-0.1, -0.05) is 0 Å². The fourth-order valence-corrected chi connectivity index (χ4v) is 1.89. The molecule has 0 spiro atoms. The van der Waals surface area contributed by atoms with E-state index in [1.165, 1.54) is 0 Å². The summed E-state index contributed by atoms with van der Waals surface area (Å²) in [6.45, 7) is 0.749. The van der Waals surface area contributed by atoms with Gasteiger partial charge >= 0.3 is 5.97 Å². The Bertz CT molecular complexity index is 353. The largest absolute Gasteiger partial charge is 0.480 e. The summed E-state index contributed by atoms with van der Waals surface area (Å²) in [6, 6.07) is -1.04. The van der Waals surface area contributed by atoms with Crippen LogP contribution in [0.3, 0.4) is 0 Å². The number of amides is 1. The summed E-state index contributed by atoms with van der Waals surface area (Å²) < 4.78 is 0. The maximum Gasteiger partial charge on any atom is 0.320 e. The highest BCUT2D eigenvalue weighted by Gasteiger charge is 2.25. The van der Waals surface area contributed by atoms with Crippen molar-refractivity contribution in [3.05, 3.63) is 10.1 Å². The predicted molar refractivity (Wildman–Crippen MR) is 62.5 cm³/mol. The minimum absolute atomic E-state index is 0.0637. The van der Waals surface area contributed by atoms with Gasteiger partial charge in [0.2, 0.25) is 5.91 Å². The third-order valence-corrected chi connectivity index (χ3v) is 3.02. The zero-order valence-electron chi connectivity index (χ0n) is 10.4. The van der Waals surface area contributed by atoms with Gasteiger partial charge in [-0.05, 0) is 19.3 Å². The van der Waals surface area contributed by atoms with Crippen LogP contribution in [0.15, 0.2) is 0 Å². The molecule has 0 aromatic rings. The van der Waals surface area contributed by atoms with Crippen LogP contribution in [-0.4, -0.2) is 52.2 Å². The number of hydrogen-bond donors (Lipinski definition) is 2. The Kier molecular flexibility index (Phi) is 5.49. The van der Waals surface area contributed by atoms with Crippen molar-refractivity contribution in [3.8, 4) is 0 Å². The van der Waals surface area contributed by atoms with E-state index in [1.54, 1.807) is 4.90 Å². The summed E-state index contributed by atoms with van der Waals surface area (Å²) >= 11 is 0. The van der Waals surface area contributed by atoms with Crippen LogP contribution in [-0.2, 0) is 14.4 Å². The average molecular weight is 275 g/mol. The normalized spacial score (nSPS) is 17.8. The van der Waals surface area contributed by atoms with Crippen molar-refractivity contribution in [2.24, 2.45) is 5.73 Å². The van der Waals surface area contributed by atoms with Gasteiger partial charge in [0.1, 0.15) is 12.1 Å². The molecule has 9 heteroatoms. The molecule has 0 aromatic heterocycles. The van der Waals surface area contributed by atoms with Crippen molar-refractivity contribution < 1.29 is 24.6 Å². The molecule has 0 aromatic carbocycles. The summed E-state index contributed by atoms with van der Waals surface area (Å²) in [5.74, 6) is -1.32. The van der Waals surface area contributed by atoms with Crippen LogP contribution in [0.1, 0.15) is 25.7 Å². The van der Waals surface area contributed by atoms with Crippen LogP contribution < -0.4 is 5.73 Å². The molecule has 0 radical (unpaired) electrons. The molecule has 1 amide bonds. The van der Waals surface area contributed by atoms with Crippen molar-refractivity contribution in [1.29, 1.82) is 0 Å². The maximum absolute atomic E-state index is 11.8. The first kappa shape index (κ1) is 15.2. The minimum Gasteiger partial charge on any atom is -0.480 e. The SMILES string of the molecule is NC(CCC(=O)N1CCC(O[N+](=O)[O-])CC1)C(=O)O. The standard InChI is InChI=1S/C10H17N3O6/c11-8(10(15)16)1-2-9(14)12-5-3-7(4-6-12)19-13(17)18/h7-8H,1-6,11H2,(H,15,16). The van der Waals surface area contributed by atoms with Crippen LogP contribution in [0.25, 0.3) is 0 Å². The highest BCUT2D eigenvalue weighted by Crippen LogP contribution is 2.15. The lowest BCUT2D eigenvalue weighted by molar-refractivity contribution is -0.769. The number of aliphatic carboxylic acids is 1. The van der Waals surface area contributed by atoms with E-state index in [4.69, 9.17) is 10.8 Å². The third kappa shape index (κ3) is 5.08. The van der Waals surface area contributed by atoms with Gasteiger partial charge in [0, 0.05) is 19.5 Å². The Morgan fingerprint density at radius 2 is 2.05 bits per heavy atom. The number of nitrogens with zero attached hydrogens (tertiary/aromatic N) is 2. The van der Waals surface area contributed by atoms with Gasteiger partial charge < -0.3 is 20.6 Å². The van der Waals surface area contributed by atoms with Crippen molar-refractivity contribution in [1.82, 2.24) is 4.90 Å². The Morgan fingerprint density at radius 3 is 2.53 bits per heavy atom. The van der Waals surface area contributed by atoms with Crippen LogP contribution in [0.4, 0.5) is 0 Å². The molecular weight excluding hydrogens is 258 g/mol. The van der Waals surface area contributed by atoms with Crippen molar-refractivity contribution >= 4 is 11.9 Å². The van der Waals surface area contributed by atoms with E-state index < -0.39 is 23.2 Å². The van der Waals surface area contributed by atoms with Crippen LogP contribution >= 0.6 is 0 Å². The quantitative estimate of drug-likeness (QED) is 0.486. The van der Waals surface area contributed by atoms with E-state index in [9.17, 15) is 19.7 Å². The summed E-state index contributed by atoms with van der Waals surface area (Å²) in [4.78, 5) is 38.4. The van der Waals surface area contributed by atoms with E-state index in [-0.39, 0.29) is 18.7 Å². The fourth-order valence-electron chi connectivity index (χ4n) is 1.89. The van der Waals surface area contributed by atoms with Crippen molar-refractivity contribution in [2.75, 3.05) is 13.1 Å². The summed E-state index contributed by atoms with van der Waals surface area (Å²) in [5.41, 5.74) is 5.31. The summed E-state index contributed by atoms with van der Waals surface area (Å²) in [7, 11) is 0. The molecule has 9 nitrogen and oxygen atoms in total. The number of piperidine rings is 1. The number of carbonyl (C=O) groups is 2. The Labute approximate surface area is 109 Å². The Balaban J connectivity index is 2.29.